The van der Waals surface area contributed by atoms with Crippen molar-refractivity contribution in [2.24, 2.45) is 0 Å². The van der Waals surface area contributed by atoms with Crippen LogP contribution >= 0.6 is 23.2 Å². The van der Waals surface area contributed by atoms with Crippen molar-refractivity contribution in [1.29, 1.82) is 0 Å². The van der Waals surface area contributed by atoms with E-state index in [4.69, 9.17) is 27.9 Å². The summed E-state index contributed by atoms with van der Waals surface area (Å²) in [4.78, 5) is 29.4. The van der Waals surface area contributed by atoms with E-state index < -0.39 is 10.8 Å². The molecule has 154 valence electrons. The molecule has 0 radical (unpaired) electrons. The highest BCUT2D eigenvalue weighted by Gasteiger charge is 2.21. The molecule has 2 heterocycles. The maximum Gasteiger partial charge on any atom is 0.270 e. The van der Waals surface area contributed by atoms with E-state index in [2.05, 4.69) is 15.6 Å². The molecule has 0 spiro atoms. The molecule has 1 fully saturated rings. The topological polar surface area (TPSA) is 110 Å². The number of pyridine rings is 1. The first-order chi connectivity index (χ1) is 14.0. The summed E-state index contributed by atoms with van der Waals surface area (Å²) < 4.78 is 5.34. The summed E-state index contributed by atoms with van der Waals surface area (Å²) in [7, 11) is 0. The van der Waals surface area contributed by atoms with Crippen molar-refractivity contribution >= 4 is 46.3 Å². The number of nitrogens with one attached hydrogen (secondary N) is 2. The zero-order valence-corrected chi connectivity index (χ0v) is 16.9. The van der Waals surface area contributed by atoms with Crippen LogP contribution in [-0.4, -0.2) is 55.2 Å². The van der Waals surface area contributed by atoms with Gasteiger partial charge in [-0.05, 0) is 12.1 Å². The summed E-state index contributed by atoms with van der Waals surface area (Å²) in [6.07, 6.45) is 1.46. The number of benzene rings is 1. The Hall–Kier alpha value is -2.62. The fraction of sp³-hybridized carbons (Fsp3) is 0.333. The van der Waals surface area contributed by atoms with Gasteiger partial charge >= 0.3 is 0 Å². The fourth-order valence-electron chi connectivity index (χ4n) is 2.90. The molecule has 3 rings (SSSR count). The lowest BCUT2D eigenvalue weighted by Gasteiger charge is -2.30. The number of morpholine rings is 1. The number of nitro benzene ring substituents is 1. The first kappa shape index (κ1) is 21.1. The average molecular weight is 440 g/mol. The number of rotatable bonds is 7. The number of hydrogen-bond acceptors (Lipinski definition) is 7. The summed E-state index contributed by atoms with van der Waals surface area (Å²) in [5.41, 5.74) is 0.762. The summed E-state index contributed by atoms with van der Waals surface area (Å²) in [6, 6.07) is 5.87. The van der Waals surface area contributed by atoms with Crippen LogP contribution < -0.4 is 15.5 Å². The van der Waals surface area contributed by atoms with Crippen LogP contribution in [0.2, 0.25) is 10.0 Å². The molecule has 0 atom stereocenters. The van der Waals surface area contributed by atoms with Gasteiger partial charge in [-0.15, -0.1) is 0 Å². The van der Waals surface area contributed by atoms with Crippen LogP contribution in [0.15, 0.2) is 30.5 Å². The Kier molecular flexibility index (Phi) is 7.08. The lowest BCUT2D eigenvalue weighted by Crippen LogP contribution is -2.38. The van der Waals surface area contributed by atoms with Gasteiger partial charge in [0.1, 0.15) is 5.82 Å². The number of non-ortho nitro benzene ring substituents is 1. The van der Waals surface area contributed by atoms with E-state index in [-0.39, 0.29) is 17.8 Å². The van der Waals surface area contributed by atoms with Gasteiger partial charge in [0.2, 0.25) is 0 Å². The second kappa shape index (κ2) is 9.73. The quantitative estimate of drug-likeness (QED) is 0.387. The number of aromatic nitrogens is 1. The van der Waals surface area contributed by atoms with Gasteiger partial charge in [0.25, 0.3) is 11.6 Å². The van der Waals surface area contributed by atoms with Crippen LogP contribution in [0.4, 0.5) is 17.2 Å². The maximum absolute atomic E-state index is 12.7. The average Bonchev–Trinajstić information content (AvgIpc) is 2.72. The molecule has 2 aromatic rings. The lowest BCUT2D eigenvalue weighted by atomic mass is 10.1. The summed E-state index contributed by atoms with van der Waals surface area (Å²) in [6.45, 7) is 2.93. The standard InChI is InChI=1S/C18H19Cl2N5O4/c19-12-9-15(20)17(23-11-12)21-3-4-22-18(26)14-10-13(25(27)28)1-2-16(14)24-5-7-29-8-6-24/h1-2,9-11H,3-8H2,(H,21,23)(H,22,26). The predicted octanol–water partition coefficient (Wildman–Crippen LogP) is 2.98. The van der Waals surface area contributed by atoms with Gasteiger partial charge in [-0.2, -0.15) is 0 Å². The van der Waals surface area contributed by atoms with Crippen molar-refractivity contribution in [2.45, 2.75) is 0 Å². The van der Waals surface area contributed by atoms with E-state index in [1.165, 1.54) is 18.3 Å². The third kappa shape index (κ3) is 5.47. The number of ether oxygens (including phenoxy) is 1. The van der Waals surface area contributed by atoms with Crippen molar-refractivity contribution in [1.82, 2.24) is 10.3 Å². The summed E-state index contributed by atoms with van der Waals surface area (Å²) in [5.74, 6) is 0.0572. The Balaban J connectivity index is 1.66. The maximum atomic E-state index is 12.7. The highest BCUT2D eigenvalue weighted by atomic mass is 35.5. The molecule has 1 amide bonds. The largest absolute Gasteiger partial charge is 0.378 e. The molecule has 0 unspecified atom stereocenters. The number of carbonyl (C=O) groups is 1. The molecule has 1 saturated heterocycles. The molecule has 1 aliphatic heterocycles. The molecule has 0 saturated carbocycles. The number of nitro groups is 1. The molecule has 11 heteroatoms. The van der Waals surface area contributed by atoms with Gasteiger partial charge in [0.05, 0.1) is 39.4 Å². The van der Waals surface area contributed by atoms with E-state index in [9.17, 15) is 14.9 Å². The number of hydrogen-bond donors (Lipinski definition) is 2. The third-order valence-corrected chi connectivity index (χ3v) is 4.79. The highest BCUT2D eigenvalue weighted by molar-refractivity contribution is 6.35. The lowest BCUT2D eigenvalue weighted by molar-refractivity contribution is -0.384. The number of amides is 1. The summed E-state index contributed by atoms with van der Waals surface area (Å²) >= 11 is 11.9. The van der Waals surface area contributed by atoms with Crippen molar-refractivity contribution in [3.63, 3.8) is 0 Å². The van der Waals surface area contributed by atoms with Gasteiger partial charge in [0.15, 0.2) is 0 Å². The number of halogens is 2. The first-order valence-corrected chi connectivity index (χ1v) is 9.65. The van der Waals surface area contributed by atoms with Crippen molar-refractivity contribution < 1.29 is 14.5 Å². The Morgan fingerprint density at radius 3 is 2.69 bits per heavy atom. The van der Waals surface area contributed by atoms with Crippen molar-refractivity contribution in [2.75, 3.05) is 49.6 Å². The van der Waals surface area contributed by atoms with Crippen LogP contribution in [0.25, 0.3) is 0 Å². The van der Waals surface area contributed by atoms with Crippen molar-refractivity contribution in [3.05, 3.63) is 56.2 Å². The third-order valence-electron chi connectivity index (χ3n) is 4.30. The first-order valence-electron chi connectivity index (χ1n) is 8.90. The normalized spacial score (nSPS) is 13.8. The Morgan fingerprint density at radius 2 is 2.00 bits per heavy atom. The Morgan fingerprint density at radius 1 is 1.24 bits per heavy atom. The SMILES string of the molecule is O=C(NCCNc1ncc(Cl)cc1Cl)c1cc([N+](=O)[O-])ccc1N1CCOCC1. The molecule has 1 aliphatic rings. The molecule has 29 heavy (non-hydrogen) atoms. The number of carbonyl (C=O) groups excluding carboxylic acids is 1. The minimum atomic E-state index is -0.518. The fourth-order valence-corrected chi connectivity index (χ4v) is 3.34. The zero-order chi connectivity index (χ0) is 20.8. The molecule has 2 N–H and O–H groups in total. The van der Waals surface area contributed by atoms with E-state index in [1.807, 2.05) is 4.90 Å². The molecule has 0 bridgehead atoms. The Labute approximate surface area is 177 Å². The van der Waals surface area contributed by atoms with Crippen LogP contribution in [0.3, 0.4) is 0 Å². The van der Waals surface area contributed by atoms with E-state index in [1.54, 1.807) is 12.1 Å². The molecule has 1 aromatic carbocycles. The predicted molar refractivity (Wildman–Crippen MR) is 111 cm³/mol. The van der Waals surface area contributed by atoms with E-state index >= 15 is 0 Å². The number of nitrogens with zero attached hydrogens (tertiary/aromatic N) is 3. The van der Waals surface area contributed by atoms with Crippen molar-refractivity contribution in [3.8, 4) is 0 Å². The minimum absolute atomic E-state index is 0.137. The van der Waals surface area contributed by atoms with Gasteiger partial charge in [-0.3, -0.25) is 14.9 Å². The monoisotopic (exact) mass is 439 g/mol. The molecule has 1 aromatic heterocycles. The van der Waals surface area contributed by atoms with Gasteiger partial charge in [-0.25, -0.2) is 4.98 Å². The van der Waals surface area contributed by atoms with Gasteiger partial charge < -0.3 is 20.3 Å². The van der Waals surface area contributed by atoms with Gasteiger partial charge in [-0.1, -0.05) is 23.2 Å². The van der Waals surface area contributed by atoms with Crippen LogP contribution in [0, 0.1) is 10.1 Å². The van der Waals surface area contributed by atoms with Crippen LogP contribution in [-0.2, 0) is 4.74 Å². The second-order valence-electron chi connectivity index (χ2n) is 6.22. The number of anilines is 2. The van der Waals surface area contributed by atoms with E-state index in [0.29, 0.717) is 54.4 Å². The highest BCUT2D eigenvalue weighted by Crippen LogP contribution is 2.26. The molecular formula is C18H19Cl2N5O4. The van der Waals surface area contributed by atoms with Crippen LogP contribution in [0.5, 0.6) is 0 Å². The van der Waals surface area contributed by atoms with E-state index in [0.717, 1.165) is 0 Å². The summed E-state index contributed by atoms with van der Waals surface area (Å²) in [5, 5.41) is 17.7. The van der Waals surface area contributed by atoms with Gasteiger partial charge in [0, 0.05) is 44.5 Å². The smallest absolute Gasteiger partial charge is 0.270 e. The minimum Gasteiger partial charge on any atom is -0.378 e. The Bertz CT molecular complexity index is 906. The molecule has 9 nitrogen and oxygen atoms in total. The van der Waals surface area contributed by atoms with Crippen LogP contribution in [0.1, 0.15) is 10.4 Å². The molecular weight excluding hydrogens is 421 g/mol. The zero-order valence-electron chi connectivity index (χ0n) is 15.4. The second-order valence-corrected chi connectivity index (χ2v) is 7.07. The molecule has 0 aliphatic carbocycles.